The van der Waals surface area contributed by atoms with Crippen molar-refractivity contribution >= 4 is 5.96 Å². The maximum absolute atomic E-state index is 5.55. The number of hydrogen-bond donors (Lipinski definition) is 2. The van der Waals surface area contributed by atoms with Gasteiger partial charge in [-0.1, -0.05) is 30.3 Å². The molecule has 0 saturated heterocycles. The van der Waals surface area contributed by atoms with Gasteiger partial charge in [-0.25, -0.2) is 0 Å². The minimum absolute atomic E-state index is 0.128. The number of ether oxygens (including phenoxy) is 2. The van der Waals surface area contributed by atoms with Crippen molar-refractivity contribution in [2.75, 3.05) is 47.9 Å². The van der Waals surface area contributed by atoms with Gasteiger partial charge >= 0.3 is 0 Å². The minimum Gasteiger partial charge on any atom is -0.497 e. The van der Waals surface area contributed by atoms with Gasteiger partial charge in [0.2, 0.25) is 0 Å². The number of likely N-dealkylation sites (N-methyl/N-ethyl adjacent to an activating group) is 1. The van der Waals surface area contributed by atoms with Gasteiger partial charge in [-0.2, -0.15) is 0 Å². The van der Waals surface area contributed by atoms with Gasteiger partial charge in [-0.3, -0.25) is 4.99 Å². The van der Waals surface area contributed by atoms with Crippen LogP contribution in [0.1, 0.15) is 24.1 Å². The van der Waals surface area contributed by atoms with Gasteiger partial charge in [-0.15, -0.1) is 0 Å². The van der Waals surface area contributed by atoms with Crippen molar-refractivity contribution in [1.29, 1.82) is 0 Å². The van der Waals surface area contributed by atoms with E-state index >= 15 is 0 Å². The quantitative estimate of drug-likeness (QED) is 0.476. The Labute approximate surface area is 174 Å². The Bertz CT molecular complexity index is 760. The van der Waals surface area contributed by atoms with Crippen LogP contribution in [0.25, 0.3) is 0 Å². The zero-order valence-electron chi connectivity index (χ0n) is 18.2. The van der Waals surface area contributed by atoms with E-state index in [1.165, 1.54) is 5.56 Å². The summed E-state index contributed by atoms with van der Waals surface area (Å²) >= 11 is 0. The van der Waals surface area contributed by atoms with Gasteiger partial charge in [0, 0.05) is 18.7 Å². The highest BCUT2D eigenvalue weighted by atomic mass is 16.5. The summed E-state index contributed by atoms with van der Waals surface area (Å²) in [5, 5.41) is 6.76. The second-order valence-corrected chi connectivity index (χ2v) is 6.97. The van der Waals surface area contributed by atoms with Crippen LogP contribution < -0.4 is 20.1 Å². The van der Waals surface area contributed by atoms with Crippen molar-refractivity contribution in [3.05, 3.63) is 59.7 Å². The Morgan fingerprint density at radius 2 is 1.72 bits per heavy atom. The molecule has 0 aliphatic heterocycles. The molecule has 2 rings (SSSR count). The molecule has 158 valence electrons. The highest BCUT2D eigenvalue weighted by molar-refractivity contribution is 5.79. The van der Waals surface area contributed by atoms with Crippen LogP contribution in [0.5, 0.6) is 11.5 Å². The van der Waals surface area contributed by atoms with Gasteiger partial charge in [0.1, 0.15) is 11.5 Å². The molecular weight excluding hydrogens is 364 g/mol. The molecule has 1 unspecified atom stereocenters. The molecule has 0 aliphatic carbocycles. The number of guanidine groups is 1. The second-order valence-electron chi connectivity index (χ2n) is 6.97. The van der Waals surface area contributed by atoms with Crippen LogP contribution in [-0.2, 0) is 6.42 Å². The van der Waals surface area contributed by atoms with Crippen LogP contribution in [0, 0.1) is 0 Å². The standard InChI is InChI=1S/C23H34N4O2/c1-6-24-23(25-16-15-18-11-13-19(28-4)14-12-18)26-17-21(27(2)3)20-9-7-8-10-22(20)29-5/h7-14,21H,6,15-17H2,1-5H3,(H2,24,25,26). The van der Waals surface area contributed by atoms with Crippen LogP contribution >= 0.6 is 0 Å². The van der Waals surface area contributed by atoms with E-state index in [4.69, 9.17) is 14.5 Å². The van der Waals surface area contributed by atoms with Gasteiger partial charge in [0.05, 0.1) is 26.8 Å². The van der Waals surface area contributed by atoms with E-state index in [0.29, 0.717) is 6.54 Å². The van der Waals surface area contributed by atoms with Crippen LogP contribution in [-0.4, -0.2) is 58.8 Å². The number of hydrogen-bond acceptors (Lipinski definition) is 4. The molecule has 2 aromatic rings. The summed E-state index contributed by atoms with van der Waals surface area (Å²) in [6.45, 7) is 4.32. The molecule has 0 aromatic heterocycles. The maximum Gasteiger partial charge on any atom is 0.191 e. The predicted octanol–water partition coefficient (Wildman–Crippen LogP) is 3.10. The lowest BCUT2D eigenvalue weighted by Crippen LogP contribution is -2.39. The first-order valence-electron chi connectivity index (χ1n) is 10.0. The first-order chi connectivity index (χ1) is 14.1. The zero-order chi connectivity index (χ0) is 21.1. The van der Waals surface area contributed by atoms with Crippen molar-refractivity contribution in [3.8, 4) is 11.5 Å². The fourth-order valence-electron chi connectivity index (χ4n) is 3.12. The predicted molar refractivity (Wildman–Crippen MR) is 120 cm³/mol. The molecule has 2 N–H and O–H groups in total. The van der Waals surface area contributed by atoms with Gasteiger partial charge in [0.15, 0.2) is 5.96 Å². The van der Waals surface area contributed by atoms with E-state index < -0.39 is 0 Å². The molecule has 0 saturated carbocycles. The minimum atomic E-state index is 0.128. The highest BCUT2D eigenvalue weighted by Crippen LogP contribution is 2.28. The zero-order valence-corrected chi connectivity index (χ0v) is 18.2. The summed E-state index contributed by atoms with van der Waals surface area (Å²) in [6.07, 6.45) is 0.915. The Hall–Kier alpha value is -2.73. The van der Waals surface area contributed by atoms with Crippen LogP contribution in [0.2, 0.25) is 0 Å². The number of rotatable bonds is 10. The summed E-state index contributed by atoms with van der Waals surface area (Å²) < 4.78 is 10.8. The van der Waals surface area contributed by atoms with E-state index in [1.807, 2.05) is 30.3 Å². The third kappa shape index (κ3) is 6.98. The lowest BCUT2D eigenvalue weighted by atomic mass is 10.0. The highest BCUT2D eigenvalue weighted by Gasteiger charge is 2.18. The number of nitrogens with one attached hydrogen (secondary N) is 2. The molecule has 0 heterocycles. The molecule has 0 amide bonds. The fraction of sp³-hybridized carbons (Fsp3) is 0.435. The molecule has 6 heteroatoms. The fourth-order valence-corrected chi connectivity index (χ4v) is 3.12. The first kappa shape index (κ1) is 22.6. The third-order valence-electron chi connectivity index (χ3n) is 4.75. The second kappa shape index (κ2) is 12.0. The van der Waals surface area contributed by atoms with E-state index in [1.54, 1.807) is 14.2 Å². The number of para-hydroxylation sites is 1. The molecular formula is C23H34N4O2. The smallest absolute Gasteiger partial charge is 0.191 e. The van der Waals surface area contributed by atoms with Crippen molar-refractivity contribution < 1.29 is 9.47 Å². The summed E-state index contributed by atoms with van der Waals surface area (Å²) in [5.74, 6) is 2.59. The molecule has 0 aliphatic rings. The summed E-state index contributed by atoms with van der Waals surface area (Å²) in [4.78, 5) is 6.99. The Kier molecular flexibility index (Phi) is 9.31. The normalized spacial score (nSPS) is 12.6. The molecule has 6 nitrogen and oxygen atoms in total. The molecule has 1 atom stereocenters. The van der Waals surface area contributed by atoms with E-state index in [-0.39, 0.29) is 6.04 Å². The van der Waals surface area contributed by atoms with E-state index in [2.05, 4.69) is 54.8 Å². The van der Waals surface area contributed by atoms with Crippen molar-refractivity contribution in [2.45, 2.75) is 19.4 Å². The summed E-state index contributed by atoms with van der Waals surface area (Å²) in [5.41, 5.74) is 2.40. The molecule has 0 radical (unpaired) electrons. The molecule has 0 fully saturated rings. The largest absolute Gasteiger partial charge is 0.497 e. The number of methoxy groups -OCH3 is 2. The lowest BCUT2D eigenvalue weighted by Gasteiger charge is -2.25. The van der Waals surface area contributed by atoms with Crippen molar-refractivity contribution in [1.82, 2.24) is 15.5 Å². The van der Waals surface area contributed by atoms with E-state index in [0.717, 1.165) is 42.5 Å². The Morgan fingerprint density at radius 3 is 2.34 bits per heavy atom. The number of nitrogens with zero attached hydrogens (tertiary/aromatic N) is 2. The monoisotopic (exact) mass is 398 g/mol. The molecule has 0 bridgehead atoms. The molecule has 29 heavy (non-hydrogen) atoms. The van der Waals surface area contributed by atoms with E-state index in [9.17, 15) is 0 Å². The van der Waals surface area contributed by atoms with Crippen LogP contribution in [0.4, 0.5) is 0 Å². The van der Waals surface area contributed by atoms with Crippen LogP contribution in [0.3, 0.4) is 0 Å². The maximum atomic E-state index is 5.55. The van der Waals surface area contributed by atoms with Gasteiger partial charge in [-0.05, 0) is 51.2 Å². The van der Waals surface area contributed by atoms with Gasteiger partial charge < -0.3 is 25.0 Å². The van der Waals surface area contributed by atoms with Gasteiger partial charge in [0.25, 0.3) is 0 Å². The lowest BCUT2D eigenvalue weighted by molar-refractivity contribution is 0.295. The summed E-state index contributed by atoms with van der Waals surface area (Å²) in [7, 11) is 7.52. The molecule has 0 spiro atoms. The Balaban J connectivity index is 2.01. The van der Waals surface area contributed by atoms with Crippen molar-refractivity contribution in [3.63, 3.8) is 0 Å². The van der Waals surface area contributed by atoms with Crippen LogP contribution in [0.15, 0.2) is 53.5 Å². The Morgan fingerprint density at radius 1 is 1.00 bits per heavy atom. The third-order valence-corrected chi connectivity index (χ3v) is 4.75. The average molecular weight is 399 g/mol. The number of benzene rings is 2. The first-order valence-corrected chi connectivity index (χ1v) is 10.0. The SMILES string of the molecule is CCNC(=NCC(c1ccccc1OC)N(C)C)NCCc1ccc(OC)cc1. The number of aliphatic imine (C=N–C) groups is 1. The topological polar surface area (TPSA) is 58.1 Å². The molecule has 2 aromatic carbocycles. The average Bonchev–Trinajstić information content (AvgIpc) is 2.74. The van der Waals surface area contributed by atoms with Crippen molar-refractivity contribution in [2.24, 2.45) is 4.99 Å². The summed E-state index contributed by atoms with van der Waals surface area (Å²) in [6, 6.07) is 16.4.